The maximum Gasteiger partial charge on any atom is 0.328 e. The van der Waals surface area contributed by atoms with E-state index < -0.39 is 35.0 Å². The molecule has 1 atom stereocenters. The quantitative estimate of drug-likeness (QED) is 0.764. The van der Waals surface area contributed by atoms with Crippen molar-refractivity contribution in [1.82, 2.24) is 14.9 Å². The van der Waals surface area contributed by atoms with E-state index in [0.717, 1.165) is 37.1 Å². The van der Waals surface area contributed by atoms with Gasteiger partial charge >= 0.3 is 5.97 Å². The third kappa shape index (κ3) is 4.37. The van der Waals surface area contributed by atoms with Crippen LogP contribution >= 0.6 is 0 Å². The molecule has 6 nitrogen and oxygen atoms in total. The Morgan fingerprint density at radius 2 is 1.90 bits per heavy atom. The number of imidazole rings is 1. The number of halogens is 2. The van der Waals surface area contributed by atoms with E-state index in [2.05, 4.69) is 10.3 Å². The summed E-state index contributed by atoms with van der Waals surface area (Å²) in [5, 5.41) is 2.76. The zero-order valence-electron chi connectivity index (χ0n) is 17.7. The predicted octanol–water partition coefficient (Wildman–Crippen LogP) is 3.87. The molecule has 0 radical (unpaired) electrons. The molecule has 0 fully saturated rings. The van der Waals surface area contributed by atoms with Crippen LogP contribution in [0.5, 0.6) is 0 Å². The van der Waals surface area contributed by atoms with Crippen LogP contribution in [0.4, 0.5) is 8.78 Å². The van der Waals surface area contributed by atoms with Crippen LogP contribution in [0.2, 0.25) is 0 Å². The number of amides is 1. The number of esters is 1. The molecule has 1 aromatic heterocycles. The second kappa shape index (κ2) is 8.53. The van der Waals surface area contributed by atoms with Crippen molar-refractivity contribution >= 4 is 11.9 Å². The molecule has 2 aromatic rings. The number of carbonyl (C=O) groups is 2. The second-order valence-electron chi connectivity index (χ2n) is 8.62. The lowest BCUT2D eigenvalue weighted by Gasteiger charge is -2.28. The van der Waals surface area contributed by atoms with Gasteiger partial charge in [-0.3, -0.25) is 4.79 Å². The summed E-state index contributed by atoms with van der Waals surface area (Å²) in [5.74, 6) is -2.52. The van der Waals surface area contributed by atoms with E-state index in [1.807, 2.05) is 25.3 Å². The summed E-state index contributed by atoms with van der Waals surface area (Å²) < 4.78 is 34.0. The molecule has 8 heteroatoms. The van der Waals surface area contributed by atoms with Crippen LogP contribution in [0.25, 0.3) is 11.4 Å². The molecule has 162 valence electrons. The topological polar surface area (TPSA) is 73.2 Å². The number of methoxy groups -OCH3 is 1. The van der Waals surface area contributed by atoms with Gasteiger partial charge in [0.1, 0.15) is 17.6 Å². The molecule has 1 amide bonds. The molecule has 1 N–H and O–H groups in total. The van der Waals surface area contributed by atoms with Crippen LogP contribution in [0.15, 0.2) is 18.2 Å². The van der Waals surface area contributed by atoms with Gasteiger partial charge in [-0.15, -0.1) is 0 Å². The van der Waals surface area contributed by atoms with E-state index >= 15 is 0 Å². The lowest BCUT2D eigenvalue weighted by Crippen LogP contribution is -2.49. The molecule has 3 rings (SSSR count). The van der Waals surface area contributed by atoms with Crippen LogP contribution < -0.4 is 5.32 Å². The molecule has 1 unspecified atom stereocenters. The number of ether oxygens (including phenoxy) is 1. The summed E-state index contributed by atoms with van der Waals surface area (Å²) in [4.78, 5) is 29.9. The van der Waals surface area contributed by atoms with E-state index in [1.165, 1.54) is 13.2 Å². The number of rotatable bonds is 4. The number of benzene rings is 1. The van der Waals surface area contributed by atoms with Crippen molar-refractivity contribution in [2.45, 2.75) is 59.0 Å². The van der Waals surface area contributed by atoms with Gasteiger partial charge in [-0.25, -0.2) is 18.6 Å². The van der Waals surface area contributed by atoms with Crippen molar-refractivity contribution < 1.29 is 23.1 Å². The van der Waals surface area contributed by atoms with E-state index in [9.17, 15) is 18.4 Å². The Hall–Kier alpha value is -2.77. The highest BCUT2D eigenvalue weighted by molar-refractivity contribution is 5.97. The molecule has 0 spiro atoms. The first-order valence-corrected chi connectivity index (χ1v) is 10.1. The second-order valence-corrected chi connectivity index (χ2v) is 8.62. The van der Waals surface area contributed by atoms with Crippen LogP contribution in [0.1, 0.15) is 56.2 Å². The Balaban J connectivity index is 2.04. The van der Waals surface area contributed by atoms with Gasteiger partial charge in [0.25, 0.3) is 5.91 Å². The van der Waals surface area contributed by atoms with Gasteiger partial charge < -0.3 is 14.6 Å². The Kier molecular flexibility index (Phi) is 6.24. The van der Waals surface area contributed by atoms with Crippen LogP contribution in [0, 0.1) is 17.0 Å². The molecule has 30 heavy (non-hydrogen) atoms. The number of carbonyl (C=O) groups excluding carboxylic acids is 2. The van der Waals surface area contributed by atoms with Crippen molar-refractivity contribution in [1.29, 1.82) is 0 Å². The molecular weight excluding hydrogens is 392 g/mol. The van der Waals surface area contributed by atoms with Crippen molar-refractivity contribution in [2.24, 2.45) is 5.41 Å². The predicted molar refractivity (Wildman–Crippen MR) is 108 cm³/mol. The fourth-order valence-corrected chi connectivity index (χ4v) is 3.70. The molecule has 0 aliphatic carbocycles. The first kappa shape index (κ1) is 21.9. The molecule has 2 heterocycles. The average Bonchev–Trinajstić information content (AvgIpc) is 2.88. The monoisotopic (exact) mass is 419 g/mol. The fraction of sp³-hybridized carbons (Fsp3) is 0.500. The molecule has 0 saturated heterocycles. The van der Waals surface area contributed by atoms with E-state index in [-0.39, 0.29) is 5.69 Å². The normalized spacial score (nSPS) is 15.1. The highest BCUT2D eigenvalue weighted by Crippen LogP contribution is 2.29. The van der Waals surface area contributed by atoms with Crippen molar-refractivity contribution in [3.05, 3.63) is 41.2 Å². The highest BCUT2D eigenvalue weighted by atomic mass is 19.2. The number of hydrogen-bond donors (Lipinski definition) is 1. The number of fused-ring (bicyclic) bond motifs is 1. The molecule has 1 aromatic carbocycles. The zero-order chi connectivity index (χ0) is 22.1. The Bertz CT molecular complexity index is 963. The zero-order valence-corrected chi connectivity index (χ0v) is 17.7. The summed E-state index contributed by atoms with van der Waals surface area (Å²) in [6, 6.07) is 2.73. The Morgan fingerprint density at radius 1 is 1.17 bits per heavy atom. The van der Waals surface area contributed by atoms with Crippen molar-refractivity contribution in [2.75, 3.05) is 7.11 Å². The maximum atomic E-state index is 13.8. The Morgan fingerprint density at radius 3 is 2.53 bits per heavy atom. The van der Waals surface area contributed by atoms with Gasteiger partial charge in [0.2, 0.25) is 0 Å². The summed E-state index contributed by atoms with van der Waals surface area (Å²) >= 11 is 0. The third-order valence-corrected chi connectivity index (χ3v) is 5.34. The van der Waals surface area contributed by atoms with Gasteiger partial charge in [-0.2, -0.15) is 0 Å². The Labute approximate surface area is 174 Å². The minimum absolute atomic E-state index is 0.204. The van der Waals surface area contributed by atoms with Crippen LogP contribution in [0.3, 0.4) is 0 Å². The smallest absolute Gasteiger partial charge is 0.328 e. The standard InChI is InChI=1S/C22H27F2N3O3/c1-22(2,3)18(21(29)30-4)26-20(28)17-16-8-6-5-7-11-27(16)19(25-17)13-9-10-14(23)15(24)12-13/h9-10,12,18H,5-8,11H2,1-4H3,(H,26,28). The number of aromatic nitrogens is 2. The SMILES string of the molecule is COC(=O)C(NC(=O)c1nc(-c2ccc(F)c(F)c2)n2c1CCCCC2)C(C)(C)C. The minimum Gasteiger partial charge on any atom is -0.467 e. The lowest BCUT2D eigenvalue weighted by atomic mass is 9.86. The van der Waals surface area contributed by atoms with Crippen LogP contribution in [-0.2, 0) is 22.5 Å². The summed E-state index contributed by atoms with van der Waals surface area (Å²) in [5.41, 5.74) is 0.774. The molecular formula is C22H27F2N3O3. The number of nitrogens with one attached hydrogen (secondary N) is 1. The minimum atomic E-state index is -0.969. The molecule has 1 aliphatic heterocycles. The first-order valence-electron chi connectivity index (χ1n) is 10.1. The largest absolute Gasteiger partial charge is 0.467 e. The summed E-state index contributed by atoms with van der Waals surface area (Å²) in [6.07, 6.45) is 3.42. The average molecular weight is 419 g/mol. The molecule has 0 bridgehead atoms. The van der Waals surface area contributed by atoms with Gasteiger partial charge in [0, 0.05) is 12.1 Å². The van der Waals surface area contributed by atoms with E-state index in [4.69, 9.17) is 4.74 Å². The van der Waals surface area contributed by atoms with Crippen molar-refractivity contribution in [3.63, 3.8) is 0 Å². The fourth-order valence-electron chi connectivity index (χ4n) is 3.70. The molecule has 1 aliphatic rings. The summed E-state index contributed by atoms with van der Waals surface area (Å²) in [6.45, 7) is 6.11. The lowest BCUT2D eigenvalue weighted by molar-refractivity contribution is -0.145. The highest BCUT2D eigenvalue weighted by Gasteiger charge is 2.35. The van der Waals surface area contributed by atoms with Gasteiger partial charge in [0.05, 0.1) is 12.8 Å². The summed E-state index contributed by atoms with van der Waals surface area (Å²) in [7, 11) is 1.27. The third-order valence-electron chi connectivity index (χ3n) is 5.34. The van der Waals surface area contributed by atoms with Gasteiger partial charge in [0.15, 0.2) is 11.6 Å². The van der Waals surface area contributed by atoms with E-state index in [0.29, 0.717) is 24.4 Å². The van der Waals surface area contributed by atoms with Gasteiger partial charge in [-0.05, 0) is 42.9 Å². The maximum absolute atomic E-state index is 13.8. The van der Waals surface area contributed by atoms with Gasteiger partial charge in [-0.1, -0.05) is 27.2 Å². The van der Waals surface area contributed by atoms with E-state index in [1.54, 1.807) is 0 Å². The van der Waals surface area contributed by atoms with Crippen LogP contribution in [-0.4, -0.2) is 34.6 Å². The number of nitrogens with zero attached hydrogens (tertiary/aromatic N) is 2. The van der Waals surface area contributed by atoms with Crippen molar-refractivity contribution in [3.8, 4) is 11.4 Å². The first-order chi connectivity index (χ1) is 14.1. The number of hydrogen-bond acceptors (Lipinski definition) is 4. The molecule has 0 saturated carbocycles.